The van der Waals surface area contributed by atoms with Crippen molar-refractivity contribution in [2.45, 2.75) is 9.70 Å². The molecule has 0 N–H and O–H groups in total. The molecule has 0 atom stereocenters. The highest BCUT2D eigenvalue weighted by Gasteiger charge is 2.59. The van der Waals surface area contributed by atoms with Crippen molar-refractivity contribution in [3.8, 4) is 0 Å². The van der Waals surface area contributed by atoms with E-state index in [0.29, 0.717) is 0 Å². The van der Waals surface area contributed by atoms with Gasteiger partial charge in [-0.2, -0.15) is 0 Å². The Balaban J connectivity index is 2.73. The van der Waals surface area contributed by atoms with Gasteiger partial charge in [-0.25, -0.2) is 0 Å². The van der Waals surface area contributed by atoms with Gasteiger partial charge in [0.25, 0.3) is 0 Å². The Morgan fingerprint density at radius 1 is 0.524 bits per heavy atom. The largest absolute Gasteiger partial charge is 0.161 e. The zero-order valence-electron chi connectivity index (χ0n) is 10.5. The first-order valence-electron chi connectivity index (χ1n) is 5.96. The van der Waals surface area contributed by atoms with E-state index in [1.54, 1.807) is 0 Å². The lowest BCUT2D eigenvalue weighted by atomic mass is 9.88. The summed E-state index contributed by atoms with van der Waals surface area (Å²) in [5, 5.41) is 0. The molecule has 0 radical (unpaired) electrons. The van der Waals surface area contributed by atoms with E-state index in [-0.39, 0.29) is 0 Å². The van der Waals surface area contributed by atoms with Gasteiger partial charge in [0.15, 0.2) is 2.14 Å². The Morgan fingerprint density at radius 3 is 1.14 bits per heavy atom. The molecule has 112 valence electrons. The molecule has 2 aromatic rings. The Hall–Kier alpha value is 1.32. The van der Waals surface area contributed by atoms with Gasteiger partial charge in [-0.1, -0.05) is 156 Å². The zero-order chi connectivity index (χ0) is 15.7. The van der Waals surface area contributed by atoms with Crippen molar-refractivity contribution in [2.75, 3.05) is 0 Å². The Morgan fingerprint density at radius 2 is 0.857 bits per heavy atom. The van der Waals surface area contributed by atoms with E-state index in [0.717, 1.165) is 11.1 Å². The summed E-state index contributed by atoms with van der Waals surface area (Å²) in [6.45, 7) is 0. The molecule has 0 fully saturated rings. The van der Waals surface area contributed by atoms with Gasteiger partial charge in [0.05, 0.1) is 0 Å². The van der Waals surface area contributed by atoms with Crippen molar-refractivity contribution in [1.29, 1.82) is 0 Å². The van der Waals surface area contributed by atoms with Gasteiger partial charge in [-0.3, -0.25) is 0 Å². The molecule has 0 saturated heterocycles. The van der Waals surface area contributed by atoms with Crippen LogP contribution >= 0.6 is 95.6 Å². The van der Waals surface area contributed by atoms with E-state index in [1.165, 1.54) is 0 Å². The second kappa shape index (κ2) is 7.06. The number of benzene rings is 2. The summed E-state index contributed by atoms with van der Waals surface area (Å²) in [6.07, 6.45) is 0. The van der Waals surface area contributed by atoms with Crippen LogP contribution in [-0.2, 0) is 4.32 Å². The summed E-state index contributed by atoms with van der Waals surface area (Å²) in [5.74, 6) is 0. The van der Waals surface area contributed by atoms with E-state index in [2.05, 4.69) is 120 Å². The lowest BCUT2D eigenvalue weighted by molar-refractivity contribution is 0.709. The van der Waals surface area contributed by atoms with Crippen LogP contribution in [-0.4, -0.2) is 5.38 Å². The quantitative estimate of drug-likeness (QED) is 0.295. The van der Waals surface area contributed by atoms with Crippen LogP contribution in [0.25, 0.3) is 0 Å². The van der Waals surface area contributed by atoms with Gasteiger partial charge in [0.1, 0.15) is 7.56 Å². The predicted molar refractivity (Wildman–Crippen MR) is 113 cm³/mol. The van der Waals surface area contributed by atoms with Crippen LogP contribution in [0.3, 0.4) is 0 Å². The smallest absolute Gasteiger partial charge is 0.0722 e. The molecule has 0 aliphatic rings. The fraction of sp³-hybridized carbons (Fsp3) is 0.200. The van der Waals surface area contributed by atoms with Crippen molar-refractivity contribution in [3.63, 3.8) is 0 Å². The standard InChI is InChI=1S/C15H10Br6/c16-13(11-7-3-1-4-8-11,12-9-5-2-6-10-12)14(17,18)15(19,20)21/h1-10H. The van der Waals surface area contributed by atoms with Crippen molar-refractivity contribution >= 4 is 95.6 Å². The lowest BCUT2D eigenvalue weighted by Gasteiger charge is -2.44. The van der Waals surface area contributed by atoms with Crippen LogP contribution in [0.4, 0.5) is 0 Å². The molecule has 0 saturated carbocycles. The first kappa shape index (κ1) is 18.7. The molecule has 21 heavy (non-hydrogen) atoms. The molecule has 0 bridgehead atoms. The summed E-state index contributed by atoms with van der Waals surface area (Å²) in [6, 6.07) is 20.5. The molecule has 2 aromatic carbocycles. The Kier molecular flexibility index (Phi) is 6.27. The number of alkyl halides is 6. The molecule has 0 aromatic heterocycles. The highest BCUT2D eigenvalue weighted by molar-refractivity contribution is 9.41. The normalized spacial score (nSPS) is 13.2. The molecule has 0 amide bonds. The molecule has 6 heteroatoms. The molecule has 0 aliphatic carbocycles. The minimum absolute atomic E-state index is 0.529. The van der Waals surface area contributed by atoms with Crippen LogP contribution in [0.2, 0.25) is 0 Å². The maximum Gasteiger partial charge on any atom is 0.161 e. The molecular weight excluding hydrogens is 660 g/mol. The molecule has 0 spiro atoms. The number of hydrogen-bond acceptors (Lipinski definition) is 0. The highest BCUT2D eigenvalue weighted by Crippen LogP contribution is 2.65. The number of hydrogen-bond donors (Lipinski definition) is 0. The number of rotatable bonds is 3. The SMILES string of the molecule is BrC(Br)(Br)C(Br)(Br)C(Br)(c1ccccc1)c1ccccc1. The second-order valence-electron chi connectivity index (χ2n) is 4.46. The predicted octanol–water partition coefficient (Wildman–Crippen LogP) is 7.65. The first-order chi connectivity index (χ1) is 9.71. The van der Waals surface area contributed by atoms with E-state index in [1.807, 2.05) is 36.4 Å². The highest BCUT2D eigenvalue weighted by atomic mass is 80.0. The molecule has 0 unspecified atom stereocenters. The van der Waals surface area contributed by atoms with Crippen molar-refractivity contribution in [2.24, 2.45) is 0 Å². The summed E-state index contributed by atoms with van der Waals surface area (Å²) >= 11 is 22.6. The molecule has 0 heterocycles. The summed E-state index contributed by atoms with van der Waals surface area (Å²) in [7, 11) is 0. The fourth-order valence-corrected chi connectivity index (χ4v) is 5.49. The van der Waals surface area contributed by atoms with Gasteiger partial charge in [0, 0.05) is 0 Å². The van der Waals surface area contributed by atoms with Gasteiger partial charge >= 0.3 is 0 Å². The minimum atomic E-state index is -0.608. The lowest BCUT2D eigenvalue weighted by Crippen LogP contribution is -2.47. The third kappa shape index (κ3) is 3.55. The summed E-state index contributed by atoms with van der Waals surface area (Å²) < 4.78 is -1.73. The van der Waals surface area contributed by atoms with Crippen LogP contribution in [0, 0.1) is 0 Å². The van der Waals surface area contributed by atoms with E-state index in [4.69, 9.17) is 0 Å². The van der Waals surface area contributed by atoms with Crippen LogP contribution < -0.4 is 0 Å². The zero-order valence-corrected chi connectivity index (χ0v) is 20.1. The van der Waals surface area contributed by atoms with Crippen LogP contribution in [0.5, 0.6) is 0 Å². The second-order valence-corrected chi connectivity index (χ2v) is 15.9. The Bertz CT molecular complexity index is 549. The minimum Gasteiger partial charge on any atom is -0.0722 e. The van der Waals surface area contributed by atoms with Gasteiger partial charge in [-0.05, 0) is 11.1 Å². The Labute approximate surface area is 175 Å². The van der Waals surface area contributed by atoms with E-state index in [9.17, 15) is 0 Å². The average Bonchev–Trinajstić information content (AvgIpc) is 2.47. The summed E-state index contributed by atoms with van der Waals surface area (Å²) in [4.78, 5) is 0. The van der Waals surface area contributed by atoms with Crippen molar-refractivity contribution in [1.82, 2.24) is 0 Å². The monoisotopic (exact) mass is 664 g/mol. The maximum atomic E-state index is 3.98. The maximum absolute atomic E-state index is 3.98. The summed E-state index contributed by atoms with van der Waals surface area (Å²) in [5.41, 5.74) is 2.24. The van der Waals surface area contributed by atoms with Crippen LogP contribution in [0.15, 0.2) is 60.7 Å². The van der Waals surface area contributed by atoms with Gasteiger partial charge in [-0.15, -0.1) is 0 Å². The fourth-order valence-electron chi connectivity index (χ4n) is 2.06. The molecular formula is C15H10Br6. The third-order valence-corrected chi connectivity index (χ3v) is 13.1. The average molecular weight is 670 g/mol. The first-order valence-corrected chi connectivity index (χ1v) is 10.7. The third-order valence-electron chi connectivity index (χ3n) is 3.13. The van der Waals surface area contributed by atoms with E-state index < -0.39 is 9.70 Å². The number of halogens is 6. The molecule has 0 aliphatic heterocycles. The van der Waals surface area contributed by atoms with Gasteiger partial charge < -0.3 is 0 Å². The molecule has 0 nitrogen and oxygen atoms in total. The van der Waals surface area contributed by atoms with Gasteiger partial charge in [0.2, 0.25) is 0 Å². The molecule has 2 rings (SSSR count). The van der Waals surface area contributed by atoms with E-state index >= 15 is 0 Å². The van der Waals surface area contributed by atoms with Crippen molar-refractivity contribution in [3.05, 3.63) is 71.8 Å². The topological polar surface area (TPSA) is 0 Å². The van der Waals surface area contributed by atoms with Crippen LogP contribution in [0.1, 0.15) is 11.1 Å². The van der Waals surface area contributed by atoms with Crippen molar-refractivity contribution < 1.29 is 0 Å².